The van der Waals surface area contributed by atoms with Gasteiger partial charge in [-0.2, -0.15) is 0 Å². The predicted molar refractivity (Wildman–Crippen MR) is 141 cm³/mol. The van der Waals surface area contributed by atoms with Gasteiger partial charge in [-0.3, -0.25) is 0 Å². The number of carboxylic acids is 1. The van der Waals surface area contributed by atoms with Crippen LogP contribution in [0.3, 0.4) is 0 Å². The molecule has 1 N–H and O–H groups in total. The second kappa shape index (κ2) is 16.6. The van der Waals surface area contributed by atoms with Crippen LogP contribution in [0.15, 0.2) is 54.6 Å². The van der Waals surface area contributed by atoms with Crippen LogP contribution in [-0.4, -0.2) is 67.0 Å². The molecule has 2 aromatic rings. The maximum atomic E-state index is 13.1. The minimum atomic E-state index is -2.68. The molecule has 0 fully saturated rings. The summed E-state index contributed by atoms with van der Waals surface area (Å²) >= 11 is 0. The molecule has 0 saturated heterocycles. The minimum absolute atomic E-state index is 0.175. The molecule has 0 heterocycles. The van der Waals surface area contributed by atoms with E-state index in [0.29, 0.717) is 44.6 Å². The highest BCUT2D eigenvalue weighted by molar-refractivity contribution is 5.72. The lowest BCUT2D eigenvalue weighted by Crippen LogP contribution is -2.36. The van der Waals surface area contributed by atoms with Crippen LogP contribution in [0.1, 0.15) is 50.7 Å². The summed E-state index contributed by atoms with van der Waals surface area (Å²) in [5, 5.41) is 9.25. The summed E-state index contributed by atoms with van der Waals surface area (Å²) in [6.07, 6.45) is 0.854. The van der Waals surface area contributed by atoms with Crippen LogP contribution in [0.4, 0.5) is 13.6 Å². The van der Waals surface area contributed by atoms with Gasteiger partial charge in [-0.05, 0) is 49.9 Å². The number of carbonyl (C=O) groups is 2. The minimum Gasteiger partial charge on any atom is -0.492 e. The molecule has 9 heteroatoms. The lowest BCUT2D eigenvalue weighted by Gasteiger charge is -2.22. The Labute approximate surface area is 223 Å². The van der Waals surface area contributed by atoms with E-state index in [1.807, 2.05) is 30.3 Å². The fourth-order valence-corrected chi connectivity index (χ4v) is 3.83. The van der Waals surface area contributed by atoms with E-state index < -0.39 is 24.1 Å². The number of hydrogen-bond donors (Lipinski definition) is 1. The molecule has 1 amide bonds. The van der Waals surface area contributed by atoms with E-state index in [4.69, 9.17) is 14.2 Å². The average Bonchev–Trinajstić information content (AvgIpc) is 2.88. The first-order chi connectivity index (χ1) is 18.2. The Kier molecular flexibility index (Phi) is 13.6. The molecule has 1 unspecified atom stereocenters. The van der Waals surface area contributed by atoms with Crippen molar-refractivity contribution in [3.63, 3.8) is 0 Å². The number of amides is 1. The van der Waals surface area contributed by atoms with E-state index in [-0.39, 0.29) is 32.6 Å². The summed E-state index contributed by atoms with van der Waals surface area (Å²) in [6, 6.07) is 16.8. The van der Waals surface area contributed by atoms with Gasteiger partial charge in [0.2, 0.25) is 5.92 Å². The number of aliphatic carboxylic acids is 1. The van der Waals surface area contributed by atoms with Crippen molar-refractivity contribution in [2.24, 2.45) is 0 Å². The molecule has 0 radical (unpaired) electrons. The van der Waals surface area contributed by atoms with Gasteiger partial charge in [0.15, 0.2) is 6.10 Å². The van der Waals surface area contributed by atoms with Crippen LogP contribution in [0.25, 0.3) is 0 Å². The summed E-state index contributed by atoms with van der Waals surface area (Å²) < 4.78 is 42.6. The lowest BCUT2D eigenvalue weighted by atomic mass is 10.1. The molecule has 2 rings (SSSR count). The summed E-state index contributed by atoms with van der Waals surface area (Å²) in [5.41, 5.74) is 1.87. The highest BCUT2D eigenvalue weighted by Gasteiger charge is 2.21. The number of rotatable bonds is 18. The molecule has 38 heavy (non-hydrogen) atoms. The zero-order valence-corrected chi connectivity index (χ0v) is 22.2. The predicted octanol–water partition coefficient (Wildman–Crippen LogP) is 5.99. The fraction of sp³-hybridized carbons (Fsp3) is 0.517. The van der Waals surface area contributed by atoms with Gasteiger partial charge in [-0.15, -0.1) is 0 Å². The van der Waals surface area contributed by atoms with E-state index in [2.05, 4.69) is 0 Å². The zero-order valence-electron chi connectivity index (χ0n) is 22.2. The van der Waals surface area contributed by atoms with Gasteiger partial charge in [0.1, 0.15) is 12.4 Å². The van der Waals surface area contributed by atoms with Gasteiger partial charge >= 0.3 is 12.1 Å². The number of alkyl halides is 2. The molecular weight excluding hydrogens is 496 g/mol. The number of unbranched alkanes of at least 4 members (excludes halogenated alkanes) is 2. The smallest absolute Gasteiger partial charge is 0.409 e. The number of carbonyl (C=O) groups excluding carboxylic acids is 1. The number of benzene rings is 2. The van der Waals surface area contributed by atoms with Crippen molar-refractivity contribution < 1.29 is 37.7 Å². The lowest BCUT2D eigenvalue weighted by molar-refractivity contribution is -0.149. The molecule has 0 aliphatic rings. The summed E-state index contributed by atoms with van der Waals surface area (Å²) in [7, 11) is 0. The monoisotopic (exact) mass is 535 g/mol. The first-order valence-electron chi connectivity index (χ1n) is 13.1. The molecule has 2 aromatic carbocycles. The van der Waals surface area contributed by atoms with Crippen LogP contribution in [0.5, 0.6) is 5.75 Å². The van der Waals surface area contributed by atoms with Gasteiger partial charge in [0.05, 0.1) is 13.2 Å². The number of halogens is 2. The molecule has 0 aromatic heterocycles. The van der Waals surface area contributed by atoms with Crippen LogP contribution in [0, 0.1) is 0 Å². The van der Waals surface area contributed by atoms with E-state index >= 15 is 0 Å². The first-order valence-corrected chi connectivity index (χ1v) is 13.1. The number of nitrogens with zero attached hydrogens (tertiary/aromatic N) is 1. The number of carboxylic acid groups (broad SMARTS) is 1. The van der Waals surface area contributed by atoms with Gasteiger partial charge in [-0.1, -0.05) is 48.9 Å². The molecule has 0 bridgehead atoms. The van der Waals surface area contributed by atoms with Crippen molar-refractivity contribution in [1.29, 1.82) is 0 Å². The number of hydrogen-bond acceptors (Lipinski definition) is 5. The Bertz CT molecular complexity index is 950. The Morgan fingerprint density at radius 2 is 1.66 bits per heavy atom. The first kappa shape index (κ1) is 31.0. The average molecular weight is 536 g/mol. The topological polar surface area (TPSA) is 85.3 Å². The van der Waals surface area contributed by atoms with Crippen LogP contribution in [-0.2, 0) is 27.1 Å². The third kappa shape index (κ3) is 12.9. The van der Waals surface area contributed by atoms with E-state index in [0.717, 1.165) is 18.1 Å². The molecule has 0 spiro atoms. The van der Waals surface area contributed by atoms with Gasteiger partial charge in [-0.25, -0.2) is 18.4 Å². The maximum absolute atomic E-state index is 13.1. The highest BCUT2D eigenvalue weighted by Crippen LogP contribution is 2.20. The zero-order chi connectivity index (χ0) is 27.8. The van der Waals surface area contributed by atoms with Crippen molar-refractivity contribution in [1.82, 2.24) is 4.90 Å². The Morgan fingerprint density at radius 3 is 2.29 bits per heavy atom. The van der Waals surface area contributed by atoms with Gasteiger partial charge < -0.3 is 24.2 Å². The SMILES string of the molecule is CCOC(Cc1ccc(OCCN(CCCCCC(C)(F)F)C(=O)OCCc2ccccc2)cc1)C(=O)O. The Balaban J connectivity index is 1.85. The standard InChI is InChI=1S/C29H39F2NO6/c1-3-36-26(27(33)34)22-24-12-14-25(15-13-24)37-21-19-32(18-9-5-8-17-29(2,30)31)28(35)38-20-16-23-10-6-4-7-11-23/h4,6-7,10-15,26H,3,5,8-9,16-22H2,1-2H3,(H,33,34). The quantitative estimate of drug-likeness (QED) is 0.236. The second-order valence-electron chi connectivity index (χ2n) is 9.20. The van der Waals surface area contributed by atoms with Gasteiger partial charge in [0, 0.05) is 32.4 Å². The highest BCUT2D eigenvalue weighted by atomic mass is 19.3. The van der Waals surface area contributed by atoms with Gasteiger partial charge in [0.25, 0.3) is 0 Å². The Morgan fingerprint density at radius 1 is 0.947 bits per heavy atom. The van der Waals surface area contributed by atoms with E-state index in [1.54, 1.807) is 36.1 Å². The fourth-order valence-electron chi connectivity index (χ4n) is 3.83. The molecule has 0 saturated carbocycles. The third-order valence-electron chi connectivity index (χ3n) is 5.88. The van der Waals surface area contributed by atoms with Crippen molar-refractivity contribution in [3.8, 4) is 5.75 Å². The Hall–Kier alpha value is -3.20. The van der Waals surface area contributed by atoms with Crippen molar-refractivity contribution in [2.45, 2.75) is 64.4 Å². The largest absolute Gasteiger partial charge is 0.492 e. The van der Waals surface area contributed by atoms with Crippen molar-refractivity contribution in [2.75, 3.05) is 32.9 Å². The van der Waals surface area contributed by atoms with Crippen LogP contribution >= 0.6 is 0 Å². The van der Waals surface area contributed by atoms with Crippen molar-refractivity contribution in [3.05, 3.63) is 65.7 Å². The molecule has 210 valence electrons. The maximum Gasteiger partial charge on any atom is 0.409 e. The third-order valence-corrected chi connectivity index (χ3v) is 5.88. The van der Waals surface area contributed by atoms with Crippen LogP contribution in [0.2, 0.25) is 0 Å². The van der Waals surface area contributed by atoms with Crippen molar-refractivity contribution >= 4 is 12.1 Å². The molecular formula is C29H39F2NO6. The summed E-state index contributed by atoms with van der Waals surface area (Å²) in [4.78, 5) is 25.6. The van der Waals surface area contributed by atoms with E-state index in [9.17, 15) is 23.5 Å². The summed E-state index contributed by atoms with van der Waals surface area (Å²) in [6.45, 7) is 4.10. The summed E-state index contributed by atoms with van der Waals surface area (Å²) in [5.74, 6) is -3.11. The molecule has 0 aliphatic heterocycles. The van der Waals surface area contributed by atoms with E-state index in [1.165, 1.54) is 0 Å². The normalized spacial score (nSPS) is 12.1. The molecule has 1 atom stereocenters. The molecule has 7 nitrogen and oxygen atoms in total. The second-order valence-corrected chi connectivity index (χ2v) is 9.20. The molecule has 0 aliphatic carbocycles. The number of ether oxygens (including phenoxy) is 3. The van der Waals surface area contributed by atoms with Crippen LogP contribution < -0.4 is 4.74 Å².